The summed E-state index contributed by atoms with van der Waals surface area (Å²) >= 11 is 0. The van der Waals surface area contributed by atoms with E-state index in [1.165, 1.54) is 14.1 Å². The molecule has 1 unspecified atom stereocenters. The van der Waals surface area contributed by atoms with Gasteiger partial charge < -0.3 is 16.0 Å². The first-order valence-corrected chi connectivity index (χ1v) is 4.96. The number of rotatable bonds is 6. The van der Waals surface area contributed by atoms with Crippen LogP contribution in [0.4, 0.5) is 0 Å². The molecule has 0 aromatic carbocycles. The fourth-order valence-corrected chi connectivity index (χ4v) is 1.10. The van der Waals surface area contributed by atoms with Crippen molar-refractivity contribution < 1.29 is 14.4 Å². The third-order valence-electron chi connectivity index (χ3n) is 2.02. The molecule has 0 aliphatic rings. The second-order valence-electron chi connectivity index (χ2n) is 3.15. The average molecular weight is 225 g/mol. The van der Waals surface area contributed by atoms with Gasteiger partial charge in [0.1, 0.15) is 6.04 Å². The highest BCUT2D eigenvalue weighted by Gasteiger charge is 2.19. The lowest BCUT2D eigenvalue weighted by atomic mass is 10.0. The Kier molecular flexibility index (Phi) is 6.99. The number of carbonyl (C=O) groups is 3. The predicted molar refractivity (Wildman–Crippen MR) is 59.9 cm³/mol. The second kappa shape index (κ2) is 7.73. The van der Waals surface area contributed by atoms with E-state index < -0.39 is 11.9 Å². The third-order valence-corrected chi connectivity index (χ3v) is 2.02. The van der Waals surface area contributed by atoms with Crippen LogP contribution >= 0.6 is 0 Å². The van der Waals surface area contributed by atoms with Crippen LogP contribution in [0.25, 0.3) is 0 Å². The molecule has 3 amide bonds. The van der Waals surface area contributed by atoms with Crippen molar-refractivity contribution in [2.75, 3.05) is 14.1 Å². The summed E-state index contributed by atoms with van der Waals surface area (Å²) in [5.41, 5.74) is 0. The Balaban J connectivity index is 4.26. The average Bonchev–Trinajstić information content (AvgIpc) is 2.32. The normalized spacial score (nSPS) is 11.4. The van der Waals surface area contributed by atoms with Gasteiger partial charge in [-0.1, -0.05) is 0 Å². The summed E-state index contributed by atoms with van der Waals surface area (Å²) in [5.74, 6) is -0.952. The van der Waals surface area contributed by atoms with Gasteiger partial charge in [0.25, 0.3) is 0 Å². The first-order valence-electron chi connectivity index (χ1n) is 4.96. The van der Waals surface area contributed by atoms with Crippen LogP contribution in [0.15, 0.2) is 0 Å². The Hall–Kier alpha value is -1.53. The maximum Gasteiger partial charge on any atom is 0.242 e. The van der Waals surface area contributed by atoms with Crippen LogP contribution in [-0.4, -0.2) is 45.7 Å². The molecule has 3 N–H and O–H groups in total. The van der Waals surface area contributed by atoms with Gasteiger partial charge in [-0.15, -0.1) is 0 Å². The first-order chi connectivity index (χ1) is 7.54. The van der Waals surface area contributed by atoms with E-state index in [4.69, 9.17) is 7.85 Å². The maximum absolute atomic E-state index is 11.4. The molecule has 7 heteroatoms. The van der Waals surface area contributed by atoms with Gasteiger partial charge in [0.05, 0.1) is 7.85 Å². The molecule has 1 atom stereocenters. The van der Waals surface area contributed by atoms with E-state index in [1.54, 1.807) is 0 Å². The highest BCUT2D eigenvalue weighted by atomic mass is 16.2. The van der Waals surface area contributed by atoms with E-state index in [-0.39, 0.29) is 31.0 Å². The zero-order valence-electron chi connectivity index (χ0n) is 9.50. The summed E-state index contributed by atoms with van der Waals surface area (Å²) in [4.78, 5) is 33.4. The van der Waals surface area contributed by atoms with Crippen molar-refractivity contribution in [1.82, 2.24) is 16.0 Å². The molecule has 0 spiro atoms. The smallest absolute Gasteiger partial charge is 0.242 e. The third kappa shape index (κ3) is 5.38. The molecule has 6 nitrogen and oxygen atoms in total. The molecule has 88 valence electrons. The van der Waals surface area contributed by atoms with E-state index in [0.29, 0.717) is 0 Å². The van der Waals surface area contributed by atoms with Gasteiger partial charge in [0, 0.05) is 20.5 Å². The topological polar surface area (TPSA) is 87.3 Å². The number of nitrogens with one attached hydrogen (secondary N) is 3. The largest absolute Gasteiger partial charge is 0.359 e. The van der Waals surface area contributed by atoms with Gasteiger partial charge in [0.15, 0.2) is 0 Å². The molecule has 0 aromatic rings. The molecular formula is C9H16BN3O3. The molecule has 0 saturated heterocycles. The minimum atomic E-state index is -0.724. The van der Waals surface area contributed by atoms with Crippen LogP contribution < -0.4 is 16.0 Å². The molecule has 0 heterocycles. The van der Waals surface area contributed by atoms with Crippen LogP contribution in [0, 0.1) is 0 Å². The minimum Gasteiger partial charge on any atom is -0.359 e. The lowest BCUT2D eigenvalue weighted by Gasteiger charge is -2.16. The number of amides is 3. The van der Waals surface area contributed by atoms with Crippen molar-refractivity contribution in [2.45, 2.75) is 25.2 Å². The molecule has 0 fully saturated rings. The van der Waals surface area contributed by atoms with Gasteiger partial charge in [-0.25, -0.2) is 0 Å². The van der Waals surface area contributed by atoms with Crippen LogP contribution in [0.1, 0.15) is 12.8 Å². The van der Waals surface area contributed by atoms with E-state index in [9.17, 15) is 14.4 Å². The highest BCUT2D eigenvalue weighted by molar-refractivity contribution is 6.19. The molecule has 0 bridgehead atoms. The van der Waals surface area contributed by atoms with Gasteiger partial charge in [0.2, 0.25) is 17.7 Å². The SMILES string of the molecule is [B]CC(=O)NC(CCC(=O)NC)C(=O)NC. The van der Waals surface area contributed by atoms with Crippen molar-refractivity contribution in [3.05, 3.63) is 0 Å². The van der Waals surface area contributed by atoms with E-state index >= 15 is 0 Å². The predicted octanol–water partition coefficient (Wildman–Crippen LogP) is -1.67. The lowest BCUT2D eigenvalue weighted by molar-refractivity contribution is -0.128. The van der Waals surface area contributed by atoms with E-state index in [0.717, 1.165) is 0 Å². The Morgan fingerprint density at radius 3 is 2.19 bits per heavy atom. The Morgan fingerprint density at radius 2 is 1.75 bits per heavy atom. The van der Waals surface area contributed by atoms with Gasteiger partial charge in [-0.05, 0) is 12.7 Å². The summed E-state index contributed by atoms with van der Waals surface area (Å²) < 4.78 is 0. The van der Waals surface area contributed by atoms with Crippen molar-refractivity contribution >= 4 is 25.6 Å². The summed E-state index contributed by atoms with van der Waals surface area (Å²) in [5, 5.41) is 7.29. The van der Waals surface area contributed by atoms with Crippen molar-refractivity contribution in [3.63, 3.8) is 0 Å². The van der Waals surface area contributed by atoms with Crippen molar-refractivity contribution in [3.8, 4) is 0 Å². The highest BCUT2D eigenvalue weighted by Crippen LogP contribution is 1.98. The Bertz CT molecular complexity index is 271. The van der Waals surface area contributed by atoms with E-state index in [1.807, 2.05) is 0 Å². The van der Waals surface area contributed by atoms with Gasteiger partial charge in [-0.3, -0.25) is 14.4 Å². The number of likely N-dealkylation sites (N-methyl/N-ethyl adjacent to an activating group) is 1. The molecule has 0 saturated carbocycles. The van der Waals surface area contributed by atoms with Crippen LogP contribution in [0.2, 0.25) is 6.32 Å². The molecule has 0 aliphatic heterocycles. The number of carbonyl (C=O) groups excluding carboxylic acids is 3. The Morgan fingerprint density at radius 1 is 1.12 bits per heavy atom. The van der Waals surface area contributed by atoms with Gasteiger partial charge >= 0.3 is 0 Å². The first kappa shape index (κ1) is 14.5. The minimum absolute atomic E-state index is 0.166. The second-order valence-corrected chi connectivity index (χ2v) is 3.15. The molecule has 2 radical (unpaired) electrons. The molecule has 0 rings (SSSR count). The zero-order valence-corrected chi connectivity index (χ0v) is 9.50. The molecule has 0 aromatic heterocycles. The summed E-state index contributed by atoms with van der Waals surface area (Å²) in [6, 6.07) is -0.724. The quantitative estimate of drug-likeness (QED) is 0.472. The summed E-state index contributed by atoms with van der Waals surface area (Å²) in [6.07, 6.45) is 0.220. The monoisotopic (exact) mass is 225 g/mol. The standard InChI is InChI=1S/C9H16BN3O3/c1-11-7(14)4-3-6(9(16)12-2)13-8(15)5-10/h6H,3-5H2,1-2H3,(H,11,14)(H,12,16)(H,13,15). The van der Waals surface area contributed by atoms with Crippen LogP contribution in [-0.2, 0) is 14.4 Å². The van der Waals surface area contributed by atoms with Crippen molar-refractivity contribution in [2.24, 2.45) is 0 Å². The van der Waals surface area contributed by atoms with Gasteiger partial charge in [-0.2, -0.15) is 0 Å². The van der Waals surface area contributed by atoms with Crippen LogP contribution in [0.3, 0.4) is 0 Å². The fraction of sp³-hybridized carbons (Fsp3) is 0.667. The number of hydrogen-bond donors (Lipinski definition) is 3. The summed E-state index contributed by atoms with van der Waals surface area (Å²) in [7, 11) is 8.09. The van der Waals surface area contributed by atoms with Crippen LogP contribution in [0.5, 0.6) is 0 Å². The maximum atomic E-state index is 11.4. The molecular weight excluding hydrogens is 209 g/mol. The van der Waals surface area contributed by atoms with E-state index in [2.05, 4.69) is 16.0 Å². The lowest BCUT2D eigenvalue weighted by Crippen LogP contribution is -2.46. The Labute approximate surface area is 95.9 Å². The molecule has 16 heavy (non-hydrogen) atoms. The number of hydrogen-bond acceptors (Lipinski definition) is 3. The van der Waals surface area contributed by atoms with Crippen molar-refractivity contribution in [1.29, 1.82) is 0 Å². The molecule has 0 aliphatic carbocycles. The fourth-order valence-electron chi connectivity index (χ4n) is 1.10. The zero-order chi connectivity index (χ0) is 12.6. The summed E-state index contributed by atoms with van der Waals surface area (Å²) in [6.45, 7) is 0.